The number of aliphatic carboxylic acids is 1. The van der Waals surface area contributed by atoms with Gasteiger partial charge < -0.3 is 37.2 Å². The molecule has 8 N–H and O–H groups in total. The van der Waals surface area contributed by atoms with Crippen molar-refractivity contribution in [3.8, 4) is 0 Å². The molecule has 0 aliphatic carbocycles. The molecule has 0 aliphatic rings. The lowest BCUT2D eigenvalue weighted by Gasteiger charge is -2.24. The summed E-state index contributed by atoms with van der Waals surface area (Å²) in [7, 11) is 0. The van der Waals surface area contributed by atoms with Crippen molar-refractivity contribution in [3.05, 3.63) is 0 Å². The maximum atomic E-state index is 12.2. The number of hydrogen-bond donors (Lipinski definition) is 7. The second kappa shape index (κ2) is 11.8. The molecular weight excluding hydrogens is 362 g/mol. The van der Waals surface area contributed by atoms with Crippen molar-refractivity contribution in [3.63, 3.8) is 0 Å². The molecule has 0 aliphatic heterocycles. The molecule has 0 spiro atoms. The van der Waals surface area contributed by atoms with Crippen LogP contribution in [-0.4, -0.2) is 77.6 Å². The highest BCUT2D eigenvalue weighted by Crippen LogP contribution is 2.03. The molecule has 0 saturated heterocycles. The van der Waals surface area contributed by atoms with E-state index in [4.69, 9.17) is 10.8 Å². The van der Waals surface area contributed by atoms with Gasteiger partial charge >= 0.3 is 5.97 Å². The fourth-order valence-corrected chi connectivity index (χ4v) is 1.88. The van der Waals surface area contributed by atoms with Crippen LogP contribution in [0.5, 0.6) is 0 Å². The number of rotatable bonds is 11. The standard InChI is InChI=1S/C15H27N5O7/c1-7(2)12(15(26)27)20-14(25)13(8(3)21)19-11(24)6-18-10(23)5-17-9(22)4-16/h7-8,12-13,21H,4-6,16H2,1-3H3,(H,17,22)(H,18,23)(H,19,24)(H,20,25)(H,26,27)/t8-,12+,13+/m1/s1. The molecule has 27 heavy (non-hydrogen) atoms. The predicted molar refractivity (Wildman–Crippen MR) is 93.1 cm³/mol. The molecule has 154 valence electrons. The van der Waals surface area contributed by atoms with E-state index in [1.165, 1.54) is 6.92 Å². The number of carboxylic acids is 1. The molecule has 0 aromatic rings. The van der Waals surface area contributed by atoms with Gasteiger partial charge in [0.2, 0.25) is 23.6 Å². The van der Waals surface area contributed by atoms with E-state index in [0.717, 1.165) is 0 Å². The van der Waals surface area contributed by atoms with Gasteiger partial charge in [0.05, 0.1) is 25.7 Å². The van der Waals surface area contributed by atoms with Gasteiger partial charge in [0.15, 0.2) is 0 Å². The SMILES string of the molecule is CC(C)[C@H](NC(=O)[C@@H](NC(=O)CNC(=O)CNC(=O)CN)[C@@H](C)O)C(=O)O. The number of hydrogen-bond acceptors (Lipinski definition) is 7. The van der Waals surface area contributed by atoms with Crippen molar-refractivity contribution in [2.75, 3.05) is 19.6 Å². The van der Waals surface area contributed by atoms with Crippen LogP contribution in [0.1, 0.15) is 20.8 Å². The van der Waals surface area contributed by atoms with Crippen molar-refractivity contribution in [2.24, 2.45) is 11.7 Å². The van der Waals surface area contributed by atoms with Crippen LogP contribution < -0.4 is 27.0 Å². The first-order valence-electron chi connectivity index (χ1n) is 8.23. The molecular formula is C15H27N5O7. The van der Waals surface area contributed by atoms with Gasteiger partial charge in [-0.25, -0.2) is 4.79 Å². The van der Waals surface area contributed by atoms with E-state index < -0.39 is 60.2 Å². The third-order valence-corrected chi connectivity index (χ3v) is 3.39. The number of nitrogens with two attached hydrogens (primary N) is 1. The number of amides is 4. The van der Waals surface area contributed by atoms with Crippen molar-refractivity contribution in [1.82, 2.24) is 21.3 Å². The Balaban J connectivity index is 4.65. The average Bonchev–Trinajstić information content (AvgIpc) is 2.58. The number of carboxylic acid groups (broad SMARTS) is 1. The van der Waals surface area contributed by atoms with Gasteiger partial charge in [-0.15, -0.1) is 0 Å². The van der Waals surface area contributed by atoms with Gasteiger partial charge in [0.25, 0.3) is 0 Å². The molecule has 12 heteroatoms. The highest BCUT2D eigenvalue weighted by molar-refractivity contribution is 5.93. The number of carbonyl (C=O) groups is 5. The molecule has 4 amide bonds. The number of aliphatic hydroxyl groups excluding tert-OH is 1. The summed E-state index contributed by atoms with van der Waals surface area (Å²) >= 11 is 0. The van der Waals surface area contributed by atoms with E-state index in [1.807, 2.05) is 0 Å². The van der Waals surface area contributed by atoms with Crippen LogP contribution in [0.15, 0.2) is 0 Å². The largest absolute Gasteiger partial charge is 0.480 e. The number of aliphatic hydroxyl groups is 1. The molecule has 3 atom stereocenters. The first-order chi connectivity index (χ1) is 12.5. The predicted octanol–water partition coefficient (Wildman–Crippen LogP) is -3.73. The smallest absolute Gasteiger partial charge is 0.326 e. The van der Waals surface area contributed by atoms with E-state index >= 15 is 0 Å². The van der Waals surface area contributed by atoms with E-state index in [-0.39, 0.29) is 13.1 Å². The van der Waals surface area contributed by atoms with Crippen molar-refractivity contribution >= 4 is 29.6 Å². The quantitative estimate of drug-likeness (QED) is 0.187. The maximum Gasteiger partial charge on any atom is 0.326 e. The third-order valence-electron chi connectivity index (χ3n) is 3.39. The van der Waals surface area contributed by atoms with E-state index in [9.17, 15) is 29.1 Å². The van der Waals surface area contributed by atoms with E-state index in [1.54, 1.807) is 13.8 Å². The first kappa shape index (κ1) is 24.3. The lowest BCUT2D eigenvalue weighted by molar-refractivity contribution is -0.144. The fourth-order valence-electron chi connectivity index (χ4n) is 1.88. The monoisotopic (exact) mass is 389 g/mol. The zero-order valence-corrected chi connectivity index (χ0v) is 15.4. The second-order valence-corrected chi connectivity index (χ2v) is 6.11. The van der Waals surface area contributed by atoms with Crippen molar-refractivity contribution in [2.45, 2.75) is 39.0 Å². The summed E-state index contributed by atoms with van der Waals surface area (Å²) in [4.78, 5) is 57.6. The highest BCUT2D eigenvalue weighted by atomic mass is 16.4. The zero-order chi connectivity index (χ0) is 21.1. The third kappa shape index (κ3) is 9.51. The Bertz CT molecular complexity index is 565. The normalized spacial score (nSPS) is 13.9. The number of nitrogens with one attached hydrogen (secondary N) is 4. The van der Waals surface area contributed by atoms with Gasteiger partial charge in [-0.1, -0.05) is 13.8 Å². The summed E-state index contributed by atoms with van der Waals surface area (Å²) in [6, 6.07) is -2.60. The molecule has 0 fully saturated rings. The van der Waals surface area contributed by atoms with Crippen LogP contribution >= 0.6 is 0 Å². The minimum Gasteiger partial charge on any atom is -0.480 e. The average molecular weight is 389 g/mol. The first-order valence-corrected chi connectivity index (χ1v) is 8.23. The Kier molecular flexibility index (Phi) is 10.6. The van der Waals surface area contributed by atoms with Crippen LogP contribution in [0.25, 0.3) is 0 Å². The minimum absolute atomic E-state index is 0.285. The highest BCUT2D eigenvalue weighted by Gasteiger charge is 2.31. The molecule has 0 unspecified atom stereocenters. The van der Waals surface area contributed by atoms with Crippen LogP contribution in [-0.2, 0) is 24.0 Å². The lowest BCUT2D eigenvalue weighted by Crippen LogP contribution is -2.58. The molecule has 0 bridgehead atoms. The van der Waals surface area contributed by atoms with Gasteiger partial charge in [-0.05, 0) is 12.8 Å². The Morgan fingerprint density at radius 1 is 0.852 bits per heavy atom. The number of carbonyl (C=O) groups excluding carboxylic acids is 4. The summed E-state index contributed by atoms with van der Waals surface area (Å²) in [5.41, 5.74) is 5.06. The molecule has 12 nitrogen and oxygen atoms in total. The van der Waals surface area contributed by atoms with Gasteiger partial charge in [0, 0.05) is 0 Å². The summed E-state index contributed by atoms with van der Waals surface area (Å²) in [5.74, 6) is -4.53. The second-order valence-electron chi connectivity index (χ2n) is 6.11. The van der Waals surface area contributed by atoms with Gasteiger partial charge in [-0.3, -0.25) is 19.2 Å². The van der Waals surface area contributed by atoms with Crippen LogP contribution in [0, 0.1) is 5.92 Å². The van der Waals surface area contributed by atoms with Crippen molar-refractivity contribution in [1.29, 1.82) is 0 Å². The summed E-state index contributed by atoms with van der Waals surface area (Å²) in [6.45, 7) is 3.25. The Morgan fingerprint density at radius 3 is 1.81 bits per heavy atom. The zero-order valence-electron chi connectivity index (χ0n) is 15.4. The van der Waals surface area contributed by atoms with Crippen LogP contribution in [0.4, 0.5) is 0 Å². The fraction of sp³-hybridized carbons (Fsp3) is 0.667. The molecule has 0 aromatic carbocycles. The Labute approximate surface area is 156 Å². The summed E-state index contributed by atoms with van der Waals surface area (Å²) < 4.78 is 0. The summed E-state index contributed by atoms with van der Waals surface area (Å²) in [5, 5.41) is 27.7. The van der Waals surface area contributed by atoms with E-state index in [2.05, 4.69) is 21.3 Å². The Hall–Kier alpha value is -2.73. The van der Waals surface area contributed by atoms with Crippen LogP contribution in [0.2, 0.25) is 0 Å². The van der Waals surface area contributed by atoms with Gasteiger partial charge in [0.1, 0.15) is 12.1 Å². The van der Waals surface area contributed by atoms with Crippen molar-refractivity contribution < 1.29 is 34.2 Å². The topological polar surface area (TPSA) is 200 Å². The molecule has 0 heterocycles. The lowest BCUT2D eigenvalue weighted by atomic mass is 10.0. The van der Waals surface area contributed by atoms with E-state index in [0.29, 0.717) is 0 Å². The molecule has 0 saturated carbocycles. The molecule has 0 aromatic heterocycles. The maximum absolute atomic E-state index is 12.2. The Morgan fingerprint density at radius 2 is 1.37 bits per heavy atom. The van der Waals surface area contributed by atoms with Crippen LogP contribution in [0.3, 0.4) is 0 Å². The van der Waals surface area contributed by atoms with Gasteiger partial charge in [-0.2, -0.15) is 0 Å². The minimum atomic E-state index is -1.41. The summed E-state index contributed by atoms with van der Waals surface area (Å²) in [6.07, 6.45) is -1.31. The molecule has 0 rings (SSSR count). The molecule has 0 radical (unpaired) electrons.